The Morgan fingerprint density at radius 3 is 1.76 bits per heavy atom. The monoisotopic (exact) mass is 513 g/mol. The van der Waals surface area contributed by atoms with E-state index in [1.807, 2.05) is 54.7 Å². The number of rotatable bonds is 12. The molecule has 3 aromatic heterocycles. The number of H-pyrrole nitrogens is 2. The zero-order valence-electron chi connectivity index (χ0n) is 22.5. The van der Waals surface area contributed by atoms with E-state index in [1.165, 1.54) is 0 Å². The predicted molar refractivity (Wildman–Crippen MR) is 152 cm³/mol. The predicted octanol–water partition coefficient (Wildman–Crippen LogP) is 4.83. The van der Waals surface area contributed by atoms with Gasteiger partial charge in [-0.3, -0.25) is 4.98 Å². The number of pyridine rings is 1. The zero-order chi connectivity index (χ0) is 26.5. The number of hydrogen-bond acceptors (Lipinski definition) is 7. The summed E-state index contributed by atoms with van der Waals surface area (Å²) in [5.41, 5.74) is 5.30. The molecule has 9 heteroatoms. The Bertz CT molecular complexity index is 1380. The maximum atomic E-state index is 5.90. The van der Waals surface area contributed by atoms with Crippen molar-refractivity contribution in [3.8, 4) is 34.4 Å². The van der Waals surface area contributed by atoms with Gasteiger partial charge in [-0.1, -0.05) is 0 Å². The van der Waals surface area contributed by atoms with Gasteiger partial charge >= 0.3 is 0 Å². The molecule has 0 saturated heterocycles. The van der Waals surface area contributed by atoms with Crippen molar-refractivity contribution in [2.24, 2.45) is 0 Å². The van der Waals surface area contributed by atoms with Crippen molar-refractivity contribution in [1.82, 2.24) is 34.7 Å². The third kappa shape index (κ3) is 6.30. The minimum atomic E-state index is 0.681. The highest BCUT2D eigenvalue weighted by Gasteiger charge is 2.11. The molecule has 0 spiro atoms. The maximum absolute atomic E-state index is 5.90. The summed E-state index contributed by atoms with van der Waals surface area (Å²) in [7, 11) is 8.26. The summed E-state index contributed by atoms with van der Waals surface area (Å²) < 4.78 is 11.8. The fourth-order valence-corrected chi connectivity index (χ4v) is 4.23. The SMILES string of the molecule is CN(C)CCCOc1ccc2nc(-c3ccc(-c4nc5ccc(OCCCN(C)C)cc5[nH]4)nc3)[nH]c2c1. The second kappa shape index (κ2) is 11.6. The van der Waals surface area contributed by atoms with Crippen LogP contribution in [-0.2, 0) is 0 Å². The Kier molecular flexibility index (Phi) is 7.86. The normalized spacial score (nSPS) is 11.7. The molecule has 2 aromatic carbocycles. The largest absolute Gasteiger partial charge is 0.493 e. The van der Waals surface area contributed by atoms with E-state index < -0.39 is 0 Å². The average molecular weight is 514 g/mol. The van der Waals surface area contributed by atoms with Gasteiger partial charge < -0.3 is 29.2 Å². The summed E-state index contributed by atoms with van der Waals surface area (Å²) in [5, 5.41) is 0. The van der Waals surface area contributed by atoms with Crippen molar-refractivity contribution < 1.29 is 9.47 Å². The van der Waals surface area contributed by atoms with E-state index in [2.05, 4.69) is 52.9 Å². The summed E-state index contributed by atoms with van der Waals surface area (Å²) in [6.07, 6.45) is 3.78. The highest BCUT2D eigenvalue weighted by atomic mass is 16.5. The van der Waals surface area contributed by atoms with E-state index in [4.69, 9.17) is 19.4 Å². The number of nitrogens with one attached hydrogen (secondary N) is 2. The highest BCUT2D eigenvalue weighted by Crippen LogP contribution is 2.26. The lowest BCUT2D eigenvalue weighted by molar-refractivity contribution is 0.282. The van der Waals surface area contributed by atoms with Crippen molar-refractivity contribution in [3.63, 3.8) is 0 Å². The molecule has 0 aliphatic carbocycles. The minimum Gasteiger partial charge on any atom is -0.493 e. The summed E-state index contributed by atoms with van der Waals surface area (Å²) in [6, 6.07) is 15.8. The van der Waals surface area contributed by atoms with E-state index >= 15 is 0 Å². The fraction of sp³-hybridized carbons (Fsp3) is 0.345. The molecule has 0 aliphatic rings. The molecule has 5 rings (SSSR count). The van der Waals surface area contributed by atoms with Crippen molar-refractivity contribution in [1.29, 1.82) is 0 Å². The van der Waals surface area contributed by atoms with Crippen molar-refractivity contribution in [2.75, 3.05) is 54.5 Å². The molecule has 2 N–H and O–H groups in total. The summed E-state index contributed by atoms with van der Waals surface area (Å²) in [4.78, 5) is 25.2. The molecular weight excluding hydrogens is 478 g/mol. The summed E-state index contributed by atoms with van der Waals surface area (Å²) in [5.74, 6) is 3.16. The number of fused-ring (bicyclic) bond motifs is 2. The third-order valence-electron chi connectivity index (χ3n) is 6.22. The lowest BCUT2D eigenvalue weighted by Crippen LogP contribution is -2.15. The van der Waals surface area contributed by atoms with Crippen molar-refractivity contribution in [2.45, 2.75) is 12.8 Å². The number of ether oxygens (including phenoxy) is 2. The minimum absolute atomic E-state index is 0.681. The topological polar surface area (TPSA) is 95.2 Å². The Balaban J connectivity index is 1.26. The van der Waals surface area contributed by atoms with Crippen LogP contribution in [0.5, 0.6) is 11.5 Å². The second-order valence-corrected chi connectivity index (χ2v) is 9.97. The van der Waals surface area contributed by atoms with Crippen molar-refractivity contribution >= 4 is 22.1 Å². The molecule has 0 bridgehead atoms. The van der Waals surface area contributed by atoms with Gasteiger partial charge in [-0.25, -0.2) is 9.97 Å². The van der Waals surface area contributed by atoms with Crippen LogP contribution in [0.25, 0.3) is 45.0 Å². The number of benzene rings is 2. The van der Waals surface area contributed by atoms with Gasteiger partial charge in [0.15, 0.2) is 5.82 Å². The van der Waals surface area contributed by atoms with Crippen molar-refractivity contribution in [3.05, 3.63) is 54.7 Å². The van der Waals surface area contributed by atoms with E-state index in [0.717, 1.165) is 82.4 Å². The molecule has 9 nitrogen and oxygen atoms in total. The van der Waals surface area contributed by atoms with Crippen LogP contribution in [-0.4, -0.2) is 89.2 Å². The molecule has 0 fully saturated rings. The molecule has 198 valence electrons. The molecule has 0 unspecified atom stereocenters. The van der Waals surface area contributed by atoms with Gasteiger partial charge in [-0.05, 0) is 77.4 Å². The lowest BCUT2D eigenvalue weighted by atomic mass is 10.2. The van der Waals surface area contributed by atoms with E-state index in [-0.39, 0.29) is 0 Å². The Morgan fingerprint density at radius 2 is 1.24 bits per heavy atom. The molecule has 0 atom stereocenters. The first-order valence-corrected chi connectivity index (χ1v) is 13.0. The molecule has 3 heterocycles. The van der Waals surface area contributed by atoms with Gasteiger partial charge in [0.1, 0.15) is 23.0 Å². The van der Waals surface area contributed by atoms with Gasteiger partial charge in [0, 0.05) is 37.0 Å². The van der Waals surface area contributed by atoms with E-state index in [1.54, 1.807) is 0 Å². The van der Waals surface area contributed by atoms with Gasteiger partial charge in [0.05, 0.1) is 35.3 Å². The molecule has 0 saturated carbocycles. The Hall–Kier alpha value is -3.95. The first-order chi connectivity index (χ1) is 18.4. The van der Waals surface area contributed by atoms with E-state index in [9.17, 15) is 0 Å². The van der Waals surface area contributed by atoms with Crippen LogP contribution in [0.1, 0.15) is 12.8 Å². The summed E-state index contributed by atoms with van der Waals surface area (Å²) in [6.45, 7) is 3.36. The second-order valence-electron chi connectivity index (χ2n) is 9.97. The highest BCUT2D eigenvalue weighted by molar-refractivity contribution is 5.82. The number of imidazole rings is 2. The molecule has 0 radical (unpaired) electrons. The van der Waals surface area contributed by atoms with Crippen LogP contribution < -0.4 is 9.47 Å². The number of aromatic nitrogens is 5. The molecule has 0 aliphatic heterocycles. The molecule has 38 heavy (non-hydrogen) atoms. The Morgan fingerprint density at radius 1 is 0.684 bits per heavy atom. The maximum Gasteiger partial charge on any atom is 0.157 e. The quantitative estimate of drug-likeness (QED) is 0.231. The van der Waals surface area contributed by atoms with E-state index in [0.29, 0.717) is 13.2 Å². The molecular formula is C29H35N7O2. The van der Waals surface area contributed by atoms with Crippen LogP contribution in [0.4, 0.5) is 0 Å². The summed E-state index contributed by atoms with van der Waals surface area (Å²) >= 11 is 0. The smallest absolute Gasteiger partial charge is 0.157 e. The molecule has 5 aromatic rings. The van der Waals surface area contributed by atoms with Crippen LogP contribution in [0, 0.1) is 0 Å². The zero-order valence-corrected chi connectivity index (χ0v) is 22.5. The fourth-order valence-electron chi connectivity index (χ4n) is 4.23. The average Bonchev–Trinajstić information content (AvgIpc) is 3.53. The molecule has 0 amide bonds. The van der Waals surface area contributed by atoms with Crippen LogP contribution >= 0.6 is 0 Å². The first-order valence-electron chi connectivity index (χ1n) is 13.0. The van der Waals surface area contributed by atoms with Gasteiger partial charge in [0.2, 0.25) is 0 Å². The number of hydrogen-bond donors (Lipinski definition) is 2. The third-order valence-corrected chi connectivity index (χ3v) is 6.22. The number of nitrogens with zero attached hydrogens (tertiary/aromatic N) is 5. The standard InChI is InChI=1S/C29H35N7O2/c1-35(2)13-5-15-37-21-8-11-23-26(17-21)33-28(31-23)20-7-10-25(30-19-20)29-32-24-12-9-22(18-27(24)34-29)38-16-6-14-36(3)4/h7-12,17-19H,5-6,13-16H2,1-4H3,(H,31,33)(H,32,34). The first kappa shape index (κ1) is 25.7. The van der Waals surface area contributed by atoms with Gasteiger partial charge in [-0.2, -0.15) is 0 Å². The van der Waals surface area contributed by atoms with Crippen LogP contribution in [0.3, 0.4) is 0 Å². The van der Waals surface area contributed by atoms with Gasteiger partial charge in [0.25, 0.3) is 0 Å². The van der Waals surface area contributed by atoms with Gasteiger partial charge in [-0.15, -0.1) is 0 Å². The Labute approximate surface area is 222 Å². The van der Waals surface area contributed by atoms with Crippen LogP contribution in [0.15, 0.2) is 54.7 Å². The lowest BCUT2D eigenvalue weighted by Gasteiger charge is -2.10. The van der Waals surface area contributed by atoms with Crippen LogP contribution in [0.2, 0.25) is 0 Å². The number of aromatic amines is 2.